The minimum atomic E-state index is 0.450. The average Bonchev–Trinajstić information content (AvgIpc) is 2.30. The number of ether oxygens (including phenoxy) is 2. The van der Waals surface area contributed by atoms with Crippen molar-refractivity contribution in [2.24, 2.45) is 0 Å². The van der Waals surface area contributed by atoms with Crippen LogP contribution in [0.2, 0.25) is 5.02 Å². The van der Waals surface area contributed by atoms with Crippen molar-refractivity contribution in [1.82, 2.24) is 0 Å². The van der Waals surface area contributed by atoms with Crippen molar-refractivity contribution in [2.45, 2.75) is 0 Å². The number of rotatable bonds is 3. The number of hydrogen-bond acceptors (Lipinski definition) is 3. The second kappa shape index (κ2) is 4.97. The number of halogens is 1. The molecule has 2 N–H and O–H groups in total. The summed E-state index contributed by atoms with van der Waals surface area (Å²) in [5.74, 6) is 1.69. The quantitative estimate of drug-likeness (QED) is 0.843. The third-order valence-corrected chi connectivity index (χ3v) is 2.44. The molecule has 0 spiro atoms. The van der Waals surface area contributed by atoms with Gasteiger partial charge in [0.15, 0.2) is 11.5 Å². The van der Waals surface area contributed by atoms with E-state index in [1.807, 2.05) is 30.3 Å². The number of hydrogen-bond donors (Lipinski definition) is 1. The van der Waals surface area contributed by atoms with Crippen molar-refractivity contribution < 1.29 is 9.47 Å². The summed E-state index contributed by atoms with van der Waals surface area (Å²) >= 11 is 5.93. The highest BCUT2D eigenvalue weighted by Crippen LogP contribution is 2.38. The van der Waals surface area contributed by atoms with Crippen LogP contribution in [0.5, 0.6) is 17.2 Å². The summed E-state index contributed by atoms with van der Waals surface area (Å²) in [6.45, 7) is 0. The molecular weight excluding hydrogens is 238 g/mol. The molecule has 0 heterocycles. The Bertz CT molecular complexity index is 514. The molecule has 0 fully saturated rings. The van der Waals surface area contributed by atoms with E-state index < -0.39 is 0 Å². The predicted octanol–water partition coefficient (Wildman–Crippen LogP) is 3.72. The Labute approximate surface area is 105 Å². The van der Waals surface area contributed by atoms with Gasteiger partial charge in [0.25, 0.3) is 0 Å². The van der Waals surface area contributed by atoms with Gasteiger partial charge in [0.1, 0.15) is 5.75 Å². The smallest absolute Gasteiger partial charge is 0.184 e. The van der Waals surface area contributed by atoms with Crippen LogP contribution in [0, 0.1) is 0 Å². The Hall–Kier alpha value is -1.87. The van der Waals surface area contributed by atoms with Gasteiger partial charge in [-0.15, -0.1) is 0 Å². The number of nitrogens with two attached hydrogens (primary N) is 1. The van der Waals surface area contributed by atoms with Gasteiger partial charge in [0.05, 0.1) is 12.8 Å². The van der Waals surface area contributed by atoms with E-state index in [0.717, 1.165) is 0 Å². The van der Waals surface area contributed by atoms with Gasteiger partial charge >= 0.3 is 0 Å². The van der Waals surface area contributed by atoms with Crippen molar-refractivity contribution in [3.63, 3.8) is 0 Å². The molecule has 2 aromatic carbocycles. The zero-order chi connectivity index (χ0) is 12.3. The van der Waals surface area contributed by atoms with Crippen molar-refractivity contribution in [2.75, 3.05) is 12.8 Å². The first-order chi connectivity index (χ1) is 8.20. The van der Waals surface area contributed by atoms with E-state index in [2.05, 4.69) is 0 Å². The molecule has 2 rings (SSSR count). The molecule has 0 amide bonds. The lowest BCUT2D eigenvalue weighted by Gasteiger charge is -2.12. The Balaban J connectivity index is 2.38. The zero-order valence-electron chi connectivity index (χ0n) is 9.31. The molecule has 2 aromatic rings. The SMILES string of the molecule is COc1c(N)cc(Cl)cc1Oc1ccccc1. The summed E-state index contributed by atoms with van der Waals surface area (Å²) < 4.78 is 10.9. The van der Waals surface area contributed by atoms with Crippen LogP contribution in [0.3, 0.4) is 0 Å². The molecule has 0 atom stereocenters. The fraction of sp³-hybridized carbons (Fsp3) is 0.0769. The van der Waals surface area contributed by atoms with Gasteiger partial charge in [-0.25, -0.2) is 0 Å². The van der Waals surface area contributed by atoms with Crippen molar-refractivity contribution in [1.29, 1.82) is 0 Å². The van der Waals surface area contributed by atoms with Gasteiger partial charge in [-0.2, -0.15) is 0 Å². The Morgan fingerprint density at radius 2 is 1.82 bits per heavy atom. The molecule has 0 aromatic heterocycles. The third kappa shape index (κ3) is 2.63. The van der Waals surface area contributed by atoms with Crippen LogP contribution in [0.4, 0.5) is 5.69 Å². The summed E-state index contributed by atoms with van der Waals surface area (Å²) in [6.07, 6.45) is 0. The van der Waals surface area contributed by atoms with Gasteiger partial charge in [-0.05, 0) is 18.2 Å². The number of methoxy groups -OCH3 is 1. The number of nitrogen functional groups attached to an aromatic ring is 1. The maximum atomic E-state index is 5.93. The molecule has 0 bridgehead atoms. The maximum absolute atomic E-state index is 5.93. The van der Waals surface area contributed by atoms with E-state index in [-0.39, 0.29) is 0 Å². The van der Waals surface area contributed by atoms with Crippen LogP contribution in [-0.2, 0) is 0 Å². The summed E-state index contributed by atoms with van der Waals surface area (Å²) in [6, 6.07) is 12.7. The largest absolute Gasteiger partial charge is 0.491 e. The van der Waals surface area contributed by atoms with E-state index in [1.165, 1.54) is 7.11 Å². The lowest BCUT2D eigenvalue weighted by atomic mass is 10.2. The molecule has 88 valence electrons. The first kappa shape index (κ1) is 11.6. The van der Waals surface area contributed by atoms with Crippen molar-refractivity contribution in [3.8, 4) is 17.2 Å². The van der Waals surface area contributed by atoms with Gasteiger partial charge in [-0.1, -0.05) is 29.8 Å². The van der Waals surface area contributed by atoms with Crippen LogP contribution in [0.1, 0.15) is 0 Å². The highest BCUT2D eigenvalue weighted by Gasteiger charge is 2.11. The van der Waals surface area contributed by atoms with E-state index in [9.17, 15) is 0 Å². The summed E-state index contributed by atoms with van der Waals surface area (Å²) in [5.41, 5.74) is 6.25. The fourth-order valence-corrected chi connectivity index (χ4v) is 1.72. The number of anilines is 1. The molecule has 17 heavy (non-hydrogen) atoms. The molecule has 0 aliphatic rings. The first-order valence-electron chi connectivity index (χ1n) is 5.06. The van der Waals surface area contributed by atoms with Gasteiger partial charge in [0, 0.05) is 11.1 Å². The van der Waals surface area contributed by atoms with Crippen LogP contribution in [0.15, 0.2) is 42.5 Å². The summed E-state index contributed by atoms with van der Waals surface area (Å²) in [7, 11) is 1.54. The predicted molar refractivity (Wildman–Crippen MR) is 68.9 cm³/mol. The fourth-order valence-electron chi connectivity index (χ4n) is 1.50. The molecule has 0 saturated heterocycles. The normalized spacial score (nSPS) is 10.0. The van der Waals surface area contributed by atoms with Gasteiger partial charge in [0.2, 0.25) is 0 Å². The topological polar surface area (TPSA) is 44.5 Å². The molecule has 0 aliphatic heterocycles. The van der Waals surface area contributed by atoms with Crippen molar-refractivity contribution >= 4 is 17.3 Å². The Morgan fingerprint density at radius 1 is 1.12 bits per heavy atom. The van der Waals surface area contributed by atoms with Gasteiger partial charge < -0.3 is 15.2 Å². The Kier molecular flexibility index (Phi) is 3.40. The lowest BCUT2D eigenvalue weighted by Crippen LogP contribution is -1.96. The van der Waals surface area contributed by atoms with E-state index >= 15 is 0 Å². The molecular formula is C13H12ClNO2. The minimum absolute atomic E-state index is 0.450. The molecule has 3 nitrogen and oxygen atoms in total. The molecule has 0 unspecified atom stereocenters. The number of benzene rings is 2. The monoisotopic (exact) mass is 249 g/mol. The van der Waals surface area contributed by atoms with Crippen LogP contribution >= 0.6 is 11.6 Å². The average molecular weight is 250 g/mol. The second-order valence-electron chi connectivity index (χ2n) is 3.44. The number of para-hydroxylation sites is 1. The maximum Gasteiger partial charge on any atom is 0.184 e. The lowest BCUT2D eigenvalue weighted by molar-refractivity contribution is 0.381. The Morgan fingerprint density at radius 3 is 2.47 bits per heavy atom. The molecule has 0 radical (unpaired) electrons. The van der Waals surface area contributed by atoms with E-state index in [1.54, 1.807) is 12.1 Å². The highest BCUT2D eigenvalue weighted by molar-refractivity contribution is 6.31. The molecule has 0 aliphatic carbocycles. The van der Waals surface area contributed by atoms with Crippen LogP contribution in [0.25, 0.3) is 0 Å². The standard InChI is InChI=1S/C13H12ClNO2/c1-16-13-11(15)7-9(14)8-12(13)17-10-5-3-2-4-6-10/h2-8H,15H2,1H3. The van der Waals surface area contributed by atoms with Crippen molar-refractivity contribution in [3.05, 3.63) is 47.5 Å². The molecule has 4 heteroatoms. The van der Waals surface area contributed by atoms with Gasteiger partial charge in [-0.3, -0.25) is 0 Å². The summed E-state index contributed by atoms with van der Waals surface area (Å²) in [4.78, 5) is 0. The second-order valence-corrected chi connectivity index (χ2v) is 3.88. The zero-order valence-corrected chi connectivity index (χ0v) is 10.1. The molecule has 0 saturated carbocycles. The van der Waals surface area contributed by atoms with Crippen LogP contribution < -0.4 is 15.2 Å². The first-order valence-corrected chi connectivity index (χ1v) is 5.44. The van der Waals surface area contributed by atoms with Crippen LogP contribution in [-0.4, -0.2) is 7.11 Å². The van der Waals surface area contributed by atoms with E-state index in [4.69, 9.17) is 26.8 Å². The van der Waals surface area contributed by atoms with E-state index in [0.29, 0.717) is 28.0 Å². The third-order valence-electron chi connectivity index (χ3n) is 2.22. The summed E-state index contributed by atoms with van der Waals surface area (Å²) in [5, 5.41) is 0.509. The minimum Gasteiger partial charge on any atom is -0.491 e. The highest BCUT2D eigenvalue weighted by atomic mass is 35.5.